The summed E-state index contributed by atoms with van der Waals surface area (Å²) in [5.74, 6) is 0.443. The van der Waals surface area contributed by atoms with Gasteiger partial charge >= 0.3 is 0 Å². The summed E-state index contributed by atoms with van der Waals surface area (Å²) in [6.07, 6.45) is 4.79. The molecule has 0 spiro atoms. The van der Waals surface area contributed by atoms with E-state index in [-0.39, 0.29) is 18.1 Å². The molecule has 0 aliphatic carbocycles. The highest BCUT2D eigenvalue weighted by molar-refractivity contribution is 5.85. The molecule has 1 aliphatic heterocycles. The zero-order chi connectivity index (χ0) is 22.6. The van der Waals surface area contributed by atoms with Crippen LogP contribution in [0.3, 0.4) is 0 Å². The molecule has 34 heavy (non-hydrogen) atoms. The lowest BCUT2D eigenvalue weighted by Crippen LogP contribution is -2.45. The van der Waals surface area contributed by atoms with Crippen LogP contribution >= 0.6 is 12.4 Å². The molecule has 0 unspecified atom stereocenters. The maximum atomic E-state index is 14.5. The summed E-state index contributed by atoms with van der Waals surface area (Å²) in [6, 6.07) is 13.3. The molecule has 1 fully saturated rings. The Morgan fingerprint density at radius 3 is 2.53 bits per heavy atom. The number of rotatable bonds is 6. The first-order valence-corrected chi connectivity index (χ1v) is 11.2. The molecular weight excluding hydrogens is 453 g/mol. The molecule has 0 atom stereocenters. The minimum atomic E-state index is -0.477. The first-order chi connectivity index (χ1) is 16.2. The van der Waals surface area contributed by atoms with Crippen LogP contribution in [-0.2, 0) is 6.54 Å². The van der Waals surface area contributed by atoms with Gasteiger partial charge in [0.1, 0.15) is 11.5 Å². The Morgan fingerprint density at radius 2 is 1.76 bits per heavy atom. The molecule has 0 amide bonds. The van der Waals surface area contributed by atoms with Crippen LogP contribution in [0.25, 0.3) is 22.2 Å². The van der Waals surface area contributed by atoms with Crippen LogP contribution in [0.15, 0.2) is 61.1 Å². The Labute approximate surface area is 204 Å². The number of fused-ring (bicyclic) bond motifs is 1. The zero-order valence-electron chi connectivity index (χ0n) is 19.0. The van der Waals surface area contributed by atoms with Crippen LogP contribution < -0.4 is 5.32 Å². The predicted molar refractivity (Wildman–Crippen MR) is 135 cm³/mol. The highest BCUT2D eigenvalue weighted by Gasteiger charge is 2.16. The first-order valence-electron chi connectivity index (χ1n) is 11.2. The van der Waals surface area contributed by atoms with E-state index >= 15 is 0 Å². The lowest BCUT2D eigenvalue weighted by molar-refractivity contribution is 0.132. The van der Waals surface area contributed by atoms with Gasteiger partial charge in [-0.25, -0.2) is 19.3 Å². The Kier molecular flexibility index (Phi) is 7.62. The van der Waals surface area contributed by atoms with Crippen molar-refractivity contribution in [3.8, 4) is 11.3 Å². The number of halogens is 2. The second-order valence-electron chi connectivity index (χ2n) is 8.19. The van der Waals surface area contributed by atoms with Gasteiger partial charge in [0.05, 0.1) is 11.7 Å². The van der Waals surface area contributed by atoms with Crippen LogP contribution in [0.2, 0.25) is 0 Å². The van der Waals surface area contributed by atoms with Gasteiger partial charge in [-0.05, 0) is 36.4 Å². The van der Waals surface area contributed by atoms with Gasteiger partial charge in [0, 0.05) is 56.1 Å². The molecule has 0 radical (unpaired) electrons. The van der Waals surface area contributed by atoms with E-state index < -0.39 is 5.82 Å². The number of pyridine rings is 2. The van der Waals surface area contributed by atoms with Crippen LogP contribution in [0.5, 0.6) is 0 Å². The maximum Gasteiger partial charge on any atom is 0.229 e. The van der Waals surface area contributed by atoms with Crippen LogP contribution in [0.4, 0.5) is 16.2 Å². The topological polar surface area (TPSA) is 70.1 Å². The molecular formula is C25H27ClFN7. The zero-order valence-corrected chi connectivity index (χ0v) is 19.8. The monoisotopic (exact) mass is 479 g/mol. The molecule has 7 nitrogen and oxygen atoms in total. The summed E-state index contributed by atoms with van der Waals surface area (Å²) in [6.45, 7) is 8.58. The second kappa shape index (κ2) is 10.8. The van der Waals surface area contributed by atoms with Crippen molar-refractivity contribution in [3.63, 3.8) is 0 Å². The molecule has 0 bridgehead atoms. The number of anilines is 2. The van der Waals surface area contributed by atoms with Gasteiger partial charge in [0.2, 0.25) is 5.95 Å². The number of aromatic nitrogens is 4. The third-order valence-corrected chi connectivity index (χ3v) is 6.00. The van der Waals surface area contributed by atoms with E-state index in [1.54, 1.807) is 6.20 Å². The van der Waals surface area contributed by atoms with Crippen molar-refractivity contribution in [3.05, 3.63) is 72.4 Å². The van der Waals surface area contributed by atoms with Crippen LogP contribution in [0, 0.1) is 5.82 Å². The van der Waals surface area contributed by atoms with Crippen molar-refractivity contribution in [1.29, 1.82) is 0 Å². The first kappa shape index (κ1) is 23.9. The number of nitrogens with zero attached hydrogens (tertiary/aromatic N) is 6. The second-order valence-corrected chi connectivity index (χ2v) is 8.19. The third-order valence-electron chi connectivity index (χ3n) is 6.00. The van der Waals surface area contributed by atoms with Crippen molar-refractivity contribution >= 4 is 35.1 Å². The van der Waals surface area contributed by atoms with E-state index in [0.717, 1.165) is 55.7 Å². The quantitative estimate of drug-likeness (QED) is 0.435. The molecule has 1 saturated heterocycles. The Bertz CT molecular complexity index is 1240. The predicted octanol–water partition coefficient (Wildman–Crippen LogP) is 4.53. The Hall–Kier alpha value is -3.20. The average Bonchev–Trinajstić information content (AvgIpc) is 2.86. The fraction of sp³-hybridized carbons (Fsp3) is 0.280. The van der Waals surface area contributed by atoms with Crippen molar-refractivity contribution in [2.75, 3.05) is 38.0 Å². The minimum Gasteiger partial charge on any atom is -0.309 e. The largest absolute Gasteiger partial charge is 0.309 e. The fourth-order valence-electron chi connectivity index (χ4n) is 4.08. The number of nitrogens with one attached hydrogen (secondary N) is 1. The van der Waals surface area contributed by atoms with Gasteiger partial charge in [-0.2, -0.15) is 0 Å². The van der Waals surface area contributed by atoms with Gasteiger partial charge in [-0.15, -0.1) is 12.4 Å². The fourth-order valence-corrected chi connectivity index (χ4v) is 4.08. The summed E-state index contributed by atoms with van der Waals surface area (Å²) in [5.41, 5.74) is 2.92. The van der Waals surface area contributed by atoms with Gasteiger partial charge < -0.3 is 10.2 Å². The molecule has 4 aromatic rings. The van der Waals surface area contributed by atoms with Crippen molar-refractivity contribution in [2.24, 2.45) is 0 Å². The van der Waals surface area contributed by atoms with E-state index in [1.807, 2.05) is 42.6 Å². The highest BCUT2D eigenvalue weighted by atomic mass is 35.5. The highest BCUT2D eigenvalue weighted by Crippen LogP contribution is 2.25. The normalized spacial score (nSPS) is 14.6. The molecule has 3 aromatic heterocycles. The summed E-state index contributed by atoms with van der Waals surface area (Å²) in [5, 5.41) is 4.02. The molecule has 1 aromatic carbocycles. The van der Waals surface area contributed by atoms with E-state index in [4.69, 9.17) is 0 Å². The Balaban J connectivity index is 0.00000274. The lowest BCUT2D eigenvalue weighted by Gasteiger charge is -2.33. The van der Waals surface area contributed by atoms with Gasteiger partial charge in [-0.3, -0.25) is 9.88 Å². The van der Waals surface area contributed by atoms with E-state index in [2.05, 4.69) is 48.0 Å². The van der Waals surface area contributed by atoms with Crippen molar-refractivity contribution in [1.82, 2.24) is 29.7 Å². The summed E-state index contributed by atoms with van der Waals surface area (Å²) >= 11 is 0. The number of benzene rings is 1. The van der Waals surface area contributed by atoms with Gasteiger partial charge in [-0.1, -0.05) is 25.1 Å². The molecule has 176 valence electrons. The van der Waals surface area contributed by atoms with Crippen LogP contribution in [-0.4, -0.2) is 62.5 Å². The number of piperazine rings is 1. The van der Waals surface area contributed by atoms with E-state index in [9.17, 15) is 4.39 Å². The summed E-state index contributed by atoms with van der Waals surface area (Å²) < 4.78 is 14.5. The van der Waals surface area contributed by atoms with Crippen molar-refractivity contribution in [2.45, 2.75) is 13.5 Å². The standard InChI is InChI=1S/C25H26FN7.ClH/c1-2-32-10-12-33(13-11-32)17-18-5-8-23(28-15-18)30-25-29-16-21(26)24(31-25)20-6-7-22-19(14-20)4-3-9-27-22;/h3-9,14-16H,2,10-13,17H2,1H3,(H,28,29,30,31);1H. The molecule has 1 N–H and O–H groups in total. The number of hydrogen-bond donors (Lipinski definition) is 1. The van der Waals surface area contributed by atoms with Gasteiger partial charge in [0.25, 0.3) is 0 Å². The van der Waals surface area contributed by atoms with Crippen LogP contribution in [0.1, 0.15) is 12.5 Å². The maximum absolute atomic E-state index is 14.5. The molecule has 0 saturated carbocycles. The molecule has 1 aliphatic rings. The summed E-state index contributed by atoms with van der Waals surface area (Å²) in [7, 11) is 0. The van der Waals surface area contributed by atoms with Crippen molar-refractivity contribution < 1.29 is 4.39 Å². The number of hydrogen-bond acceptors (Lipinski definition) is 7. The van der Waals surface area contributed by atoms with E-state index in [0.29, 0.717) is 17.3 Å². The summed E-state index contributed by atoms with van der Waals surface area (Å²) in [4.78, 5) is 22.2. The molecule has 4 heterocycles. The van der Waals surface area contributed by atoms with Gasteiger partial charge in [0.15, 0.2) is 5.82 Å². The average molecular weight is 480 g/mol. The van der Waals surface area contributed by atoms with E-state index in [1.165, 1.54) is 6.20 Å². The number of likely N-dealkylation sites (N-methyl/N-ethyl adjacent to an activating group) is 1. The molecule has 9 heteroatoms. The Morgan fingerprint density at radius 1 is 0.941 bits per heavy atom. The smallest absolute Gasteiger partial charge is 0.229 e. The molecule has 5 rings (SSSR count). The minimum absolute atomic E-state index is 0. The SMILES string of the molecule is CCN1CCN(Cc2ccc(Nc3ncc(F)c(-c4ccc5ncccc5c4)n3)nc2)CC1.Cl. The third kappa shape index (κ3) is 5.47. The lowest BCUT2D eigenvalue weighted by atomic mass is 10.1.